The summed E-state index contributed by atoms with van der Waals surface area (Å²) in [7, 11) is -2.55. The first kappa shape index (κ1) is 10.9. The molecule has 1 aromatic carbocycles. The molecule has 16 heavy (non-hydrogen) atoms. The van der Waals surface area contributed by atoms with Gasteiger partial charge in [0.15, 0.2) is 10.7 Å². The van der Waals surface area contributed by atoms with Crippen molar-refractivity contribution in [3.63, 3.8) is 0 Å². The topological polar surface area (TPSA) is 60.2 Å². The Morgan fingerprint density at radius 1 is 1.19 bits per heavy atom. The minimum absolute atomic E-state index is 0.320. The molecule has 0 atom stereocenters. The average molecular weight is 237 g/mol. The number of nitrogens with zero attached hydrogens (tertiary/aromatic N) is 1. The van der Waals surface area contributed by atoms with Crippen LogP contribution in [0.1, 0.15) is 11.1 Å². The highest BCUT2D eigenvalue weighted by Gasteiger charge is 2.11. The lowest BCUT2D eigenvalue weighted by molar-refractivity contribution is 0.573. The summed E-state index contributed by atoms with van der Waals surface area (Å²) in [6.07, 6.45) is 3.06. The summed E-state index contributed by atoms with van der Waals surface area (Å²) in [6.45, 7) is 3.68. The molecule has 1 heterocycles. The molecule has 1 aromatic heterocycles. The number of benzene rings is 1. The van der Waals surface area contributed by atoms with E-state index in [2.05, 4.69) is 4.98 Å². The summed E-state index contributed by atoms with van der Waals surface area (Å²) < 4.78 is 27.0. The fourth-order valence-electron chi connectivity index (χ4n) is 1.73. The number of thiol groups is 1. The van der Waals surface area contributed by atoms with Gasteiger partial charge in [0.25, 0.3) is 0 Å². The Morgan fingerprint density at radius 3 is 2.25 bits per heavy atom. The van der Waals surface area contributed by atoms with E-state index >= 15 is 0 Å². The van der Waals surface area contributed by atoms with Crippen LogP contribution in [0.2, 0.25) is 0 Å². The minimum atomic E-state index is -2.55. The molecule has 0 aliphatic rings. The molecule has 0 saturated carbocycles. The van der Waals surface area contributed by atoms with Crippen LogP contribution in [0.4, 0.5) is 0 Å². The lowest BCUT2D eigenvalue weighted by atomic mass is 10.0. The second kappa shape index (κ2) is 4.09. The molecule has 2 rings (SSSR count). The maximum Gasteiger partial charge on any atom is 0.226 e. The minimum Gasteiger partial charge on any atom is -0.445 e. The maximum atomic E-state index is 10.9. The maximum absolute atomic E-state index is 10.9. The zero-order valence-corrected chi connectivity index (χ0v) is 9.82. The van der Waals surface area contributed by atoms with Crippen LogP contribution in [0.25, 0.3) is 11.5 Å². The third kappa shape index (κ3) is 1.86. The van der Waals surface area contributed by atoms with E-state index in [9.17, 15) is 8.42 Å². The Hall–Kier alpha value is -1.62. The summed E-state index contributed by atoms with van der Waals surface area (Å²) in [4.78, 5) is 4.38. The molecule has 2 aromatic rings. The largest absolute Gasteiger partial charge is 0.445 e. The number of hydrogen-bond donors (Lipinski definition) is 1. The van der Waals surface area contributed by atoms with Crippen LogP contribution >= 0.6 is 0 Å². The van der Waals surface area contributed by atoms with Gasteiger partial charge in [-0.2, -0.15) is 0 Å². The first-order chi connectivity index (χ1) is 7.59. The van der Waals surface area contributed by atoms with E-state index < -0.39 is 10.7 Å². The molecule has 4 nitrogen and oxygen atoms in total. The molecule has 0 bridgehead atoms. The summed E-state index contributed by atoms with van der Waals surface area (Å²) >= 11 is 0. The van der Waals surface area contributed by atoms with Crippen molar-refractivity contribution in [2.45, 2.75) is 18.7 Å². The van der Waals surface area contributed by atoms with E-state index in [1.165, 1.54) is 6.26 Å². The quantitative estimate of drug-likeness (QED) is 0.811. The van der Waals surface area contributed by atoms with Crippen LogP contribution in [0.5, 0.6) is 0 Å². The normalized spacial score (nSPS) is 10.9. The van der Waals surface area contributed by atoms with Gasteiger partial charge in [-0.25, -0.2) is 13.4 Å². The molecule has 0 unspecified atom stereocenters. The van der Waals surface area contributed by atoms with E-state index in [4.69, 9.17) is 4.42 Å². The molecule has 0 aliphatic heterocycles. The molecule has 0 aliphatic carbocycles. The van der Waals surface area contributed by atoms with Crippen LogP contribution in [0.3, 0.4) is 0 Å². The van der Waals surface area contributed by atoms with Gasteiger partial charge in [0, 0.05) is 5.56 Å². The summed E-state index contributed by atoms with van der Waals surface area (Å²) in [5.74, 6) is 0.516. The molecule has 0 N–H and O–H groups in total. The second-order valence-electron chi connectivity index (χ2n) is 3.55. The van der Waals surface area contributed by atoms with Gasteiger partial charge in [0.05, 0.1) is 11.1 Å². The Morgan fingerprint density at radius 2 is 1.81 bits per heavy atom. The van der Waals surface area contributed by atoms with Gasteiger partial charge >= 0.3 is 0 Å². The lowest BCUT2D eigenvalue weighted by Crippen LogP contribution is -1.91. The Labute approximate surface area is 94.9 Å². The van der Waals surface area contributed by atoms with Gasteiger partial charge in [-0.05, 0) is 37.1 Å². The molecular formula is C11H11NO3S. The van der Waals surface area contributed by atoms with Crippen molar-refractivity contribution in [3.05, 3.63) is 35.7 Å². The molecule has 0 radical (unpaired) electrons. The Balaban J connectivity index is 2.65. The predicted octanol–water partition coefficient (Wildman–Crippen LogP) is 1.93. The van der Waals surface area contributed by atoms with Crippen molar-refractivity contribution in [2.24, 2.45) is 0 Å². The Kier molecular flexibility index (Phi) is 2.78. The highest BCUT2D eigenvalue weighted by atomic mass is 32.2. The second-order valence-corrected chi connectivity index (χ2v) is 4.58. The molecule has 0 saturated heterocycles. The van der Waals surface area contributed by atoms with Gasteiger partial charge in [-0.3, -0.25) is 0 Å². The number of oxazole rings is 1. The van der Waals surface area contributed by atoms with E-state index in [1.807, 2.05) is 13.8 Å². The summed E-state index contributed by atoms with van der Waals surface area (Å²) in [5.41, 5.74) is 2.54. The zero-order chi connectivity index (χ0) is 11.7. The average Bonchev–Trinajstić information content (AvgIpc) is 2.69. The van der Waals surface area contributed by atoms with Crippen LogP contribution in [0, 0.1) is 13.8 Å². The van der Waals surface area contributed by atoms with Crippen molar-refractivity contribution in [1.29, 1.82) is 0 Å². The lowest BCUT2D eigenvalue weighted by Gasteiger charge is -2.06. The molecular weight excluding hydrogens is 226 g/mol. The van der Waals surface area contributed by atoms with Gasteiger partial charge in [-0.1, -0.05) is 0 Å². The third-order valence-corrected chi connectivity index (χ3v) is 3.05. The number of rotatable bonds is 2. The van der Waals surface area contributed by atoms with Crippen molar-refractivity contribution >= 4 is 10.7 Å². The predicted molar refractivity (Wildman–Crippen MR) is 60.0 cm³/mol. The van der Waals surface area contributed by atoms with Crippen LogP contribution in [-0.4, -0.2) is 13.4 Å². The van der Waals surface area contributed by atoms with Crippen molar-refractivity contribution in [3.8, 4) is 11.5 Å². The highest BCUT2D eigenvalue weighted by molar-refractivity contribution is 7.72. The van der Waals surface area contributed by atoms with E-state index in [-0.39, 0.29) is 0 Å². The first-order valence-electron chi connectivity index (χ1n) is 4.75. The smallest absolute Gasteiger partial charge is 0.226 e. The monoisotopic (exact) mass is 237 g/mol. The van der Waals surface area contributed by atoms with E-state index in [0.29, 0.717) is 10.8 Å². The van der Waals surface area contributed by atoms with Crippen LogP contribution < -0.4 is 0 Å². The van der Waals surface area contributed by atoms with Crippen LogP contribution in [0.15, 0.2) is 33.9 Å². The van der Waals surface area contributed by atoms with Crippen molar-refractivity contribution in [2.75, 3.05) is 0 Å². The number of hydrogen-bond acceptors (Lipinski definition) is 4. The van der Waals surface area contributed by atoms with Gasteiger partial charge in [0.2, 0.25) is 5.89 Å². The van der Waals surface area contributed by atoms with Gasteiger partial charge in [-0.15, -0.1) is 0 Å². The summed E-state index contributed by atoms with van der Waals surface area (Å²) in [6, 6.07) is 3.25. The van der Waals surface area contributed by atoms with Crippen molar-refractivity contribution < 1.29 is 12.8 Å². The fraction of sp³-hybridized carbons (Fsp3) is 0.182. The molecule has 5 heteroatoms. The van der Waals surface area contributed by atoms with Gasteiger partial charge < -0.3 is 4.42 Å². The number of aromatic nitrogens is 1. The number of aryl methyl sites for hydroxylation is 2. The molecule has 0 fully saturated rings. The third-order valence-electron chi connectivity index (χ3n) is 2.37. The van der Waals surface area contributed by atoms with Crippen molar-refractivity contribution in [1.82, 2.24) is 4.98 Å². The van der Waals surface area contributed by atoms with E-state index in [0.717, 1.165) is 16.7 Å². The molecule has 0 amide bonds. The van der Waals surface area contributed by atoms with Crippen LogP contribution in [-0.2, 0) is 10.7 Å². The van der Waals surface area contributed by atoms with Gasteiger partial charge in [0.1, 0.15) is 6.26 Å². The highest BCUT2D eigenvalue weighted by Crippen LogP contribution is 2.27. The summed E-state index contributed by atoms with van der Waals surface area (Å²) in [5, 5.41) is 0. The molecule has 0 spiro atoms. The SMILES string of the molecule is Cc1cc([SH](=O)=O)cc(C)c1-c1ncco1. The molecule has 84 valence electrons. The fourth-order valence-corrected chi connectivity index (χ4v) is 2.33. The standard InChI is InChI=1S/C11H11NO3S/c1-7-5-9(16(13)14)6-8(2)10(7)11-12-3-4-15-11/h3-6,16H,1-2H3. The van der Waals surface area contributed by atoms with E-state index in [1.54, 1.807) is 18.3 Å². The Bertz CT molecular complexity index is 554. The zero-order valence-electron chi connectivity index (χ0n) is 8.93. The first-order valence-corrected chi connectivity index (χ1v) is 5.93.